The van der Waals surface area contributed by atoms with E-state index in [1.165, 1.54) is 0 Å². The van der Waals surface area contributed by atoms with Crippen LogP contribution in [-0.2, 0) is 22.9 Å². The predicted molar refractivity (Wildman–Crippen MR) is 136 cm³/mol. The van der Waals surface area contributed by atoms with E-state index in [-0.39, 0.29) is 23.7 Å². The van der Waals surface area contributed by atoms with Crippen LogP contribution in [0.2, 0.25) is 18.1 Å². The van der Waals surface area contributed by atoms with E-state index >= 15 is 0 Å². The van der Waals surface area contributed by atoms with Crippen LogP contribution in [0.5, 0.6) is 0 Å². The van der Waals surface area contributed by atoms with Gasteiger partial charge in [0.1, 0.15) is 20.6 Å². The van der Waals surface area contributed by atoms with E-state index in [9.17, 15) is 0 Å². The van der Waals surface area contributed by atoms with Gasteiger partial charge < -0.3 is 23.3 Å². The Kier molecular flexibility index (Phi) is 14.4. The SMILES string of the molecule is CC.[B][C@@H]1O[C@H](OP(OCC[N+]#[C-])N(C(C)C)C(C)C)[C@H](OC)C1O[Si](C)(C)C(C)(C)C. The number of ether oxygens (including phenoxy) is 2. The molecule has 1 aliphatic heterocycles. The first-order chi connectivity index (χ1) is 14.8. The van der Waals surface area contributed by atoms with Gasteiger partial charge in [-0.15, -0.1) is 0 Å². The zero-order chi connectivity index (χ0) is 25.3. The van der Waals surface area contributed by atoms with Gasteiger partial charge in [0.05, 0.1) is 6.10 Å². The molecular formula is C22H46BN2O5PSi. The van der Waals surface area contributed by atoms with Gasteiger partial charge in [-0.3, -0.25) is 4.52 Å². The van der Waals surface area contributed by atoms with Crippen molar-refractivity contribution in [2.45, 2.75) is 117 Å². The molecule has 5 atom stereocenters. The van der Waals surface area contributed by atoms with Crippen LogP contribution in [0.15, 0.2) is 0 Å². The van der Waals surface area contributed by atoms with Gasteiger partial charge >= 0.3 is 0 Å². The monoisotopic (exact) mass is 488 g/mol. The maximum Gasteiger partial charge on any atom is 0.261 e. The van der Waals surface area contributed by atoms with Crippen LogP contribution in [0.3, 0.4) is 0 Å². The van der Waals surface area contributed by atoms with Gasteiger partial charge in [0.2, 0.25) is 6.54 Å². The summed E-state index contributed by atoms with van der Waals surface area (Å²) >= 11 is 0. The molecule has 186 valence electrons. The number of nitrogens with zero attached hydrogens (tertiary/aromatic N) is 2. The third-order valence-electron chi connectivity index (χ3n) is 5.56. The highest BCUT2D eigenvalue weighted by molar-refractivity contribution is 7.44. The summed E-state index contributed by atoms with van der Waals surface area (Å²) in [6, 6.07) is -0.264. The third kappa shape index (κ3) is 8.96. The molecule has 0 amide bonds. The van der Waals surface area contributed by atoms with E-state index in [2.05, 4.69) is 71.1 Å². The maximum atomic E-state index is 7.02. The predicted octanol–water partition coefficient (Wildman–Crippen LogP) is 5.57. The van der Waals surface area contributed by atoms with Crippen molar-refractivity contribution >= 4 is 24.7 Å². The van der Waals surface area contributed by atoms with Gasteiger partial charge in [-0.2, -0.15) is 0 Å². The number of hydrogen-bond donors (Lipinski definition) is 0. The molecule has 7 nitrogen and oxygen atoms in total. The third-order valence-corrected chi connectivity index (χ3v) is 12.1. The first kappa shape index (κ1) is 32.0. The van der Waals surface area contributed by atoms with Crippen molar-refractivity contribution in [3.8, 4) is 0 Å². The summed E-state index contributed by atoms with van der Waals surface area (Å²) in [7, 11) is 4.37. The molecule has 2 unspecified atom stereocenters. The molecule has 1 heterocycles. The van der Waals surface area contributed by atoms with Crippen molar-refractivity contribution in [2.75, 3.05) is 20.3 Å². The van der Waals surface area contributed by atoms with E-state index in [1.807, 2.05) is 13.8 Å². The molecule has 1 rings (SSSR count). The van der Waals surface area contributed by atoms with Crippen LogP contribution in [0.25, 0.3) is 4.85 Å². The van der Waals surface area contributed by atoms with Gasteiger partial charge in [-0.05, 0) is 45.8 Å². The lowest BCUT2D eigenvalue weighted by atomic mass is 9.94. The van der Waals surface area contributed by atoms with Crippen LogP contribution >= 0.6 is 8.53 Å². The molecule has 0 spiro atoms. The Labute approximate surface area is 201 Å². The Morgan fingerprint density at radius 1 is 1.12 bits per heavy atom. The molecule has 1 aliphatic rings. The molecule has 1 saturated heterocycles. The average Bonchev–Trinajstić information content (AvgIpc) is 2.95. The highest BCUT2D eigenvalue weighted by atomic mass is 31.2. The fourth-order valence-corrected chi connectivity index (χ4v) is 5.96. The van der Waals surface area contributed by atoms with Crippen molar-refractivity contribution in [1.29, 1.82) is 0 Å². The molecule has 0 saturated carbocycles. The molecule has 1 fully saturated rings. The Morgan fingerprint density at radius 2 is 1.66 bits per heavy atom. The number of hydrogen-bond acceptors (Lipinski definition) is 6. The summed E-state index contributed by atoms with van der Waals surface area (Å²) in [4.78, 5) is 3.38. The Balaban J connectivity index is 0.00000466. The van der Waals surface area contributed by atoms with Crippen molar-refractivity contribution in [3.05, 3.63) is 11.4 Å². The summed E-state index contributed by atoms with van der Waals surface area (Å²) in [6.45, 7) is 30.9. The normalized spacial score (nSPS) is 25.1. The van der Waals surface area contributed by atoms with Gasteiger partial charge in [-0.25, -0.2) is 11.2 Å². The smallest absolute Gasteiger partial charge is 0.261 e. The van der Waals surface area contributed by atoms with E-state index in [1.54, 1.807) is 7.11 Å². The summed E-state index contributed by atoms with van der Waals surface area (Å²) in [6.07, 6.45) is -1.60. The zero-order valence-corrected chi connectivity index (χ0v) is 24.2. The maximum absolute atomic E-state index is 7.02. The van der Waals surface area contributed by atoms with Gasteiger partial charge in [0.25, 0.3) is 8.53 Å². The topological polar surface area (TPSA) is 53.8 Å². The lowest BCUT2D eigenvalue weighted by Crippen LogP contribution is -2.50. The van der Waals surface area contributed by atoms with Crippen LogP contribution < -0.4 is 0 Å². The minimum Gasteiger partial charge on any atom is -0.409 e. The second kappa shape index (κ2) is 14.4. The minimum atomic E-state index is -2.09. The average molecular weight is 488 g/mol. The molecule has 0 aliphatic carbocycles. The molecule has 0 aromatic carbocycles. The quantitative estimate of drug-likeness (QED) is 0.164. The Hall–Kier alpha value is -0.0382. The van der Waals surface area contributed by atoms with Crippen molar-refractivity contribution in [2.24, 2.45) is 0 Å². The summed E-state index contributed by atoms with van der Waals surface area (Å²) < 4.78 is 32.7. The van der Waals surface area contributed by atoms with E-state index in [4.69, 9.17) is 37.4 Å². The molecule has 0 aromatic heterocycles. The van der Waals surface area contributed by atoms with Crippen LogP contribution in [0, 0.1) is 6.57 Å². The van der Waals surface area contributed by atoms with Crippen molar-refractivity contribution < 1.29 is 22.9 Å². The molecule has 0 aromatic rings. The van der Waals surface area contributed by atoms with E-state index in [0.717, 1.165) is 0 Å². The van der Waals surface area contributed by atoms with Gasteiger partial charge in [0.15, 0.2) is 14.6 Å². The minimum absolute atomic E-state index is 0.0333. The molecule has 2 radical (unpaired) electrons. The van der Waals surface area contributed by atoms with Crippen LogP contribution in [-0.4, -0.2) is 77.7 Å². The number of rotatable bonds is 11. The summed E-state index contributed by atoms with van der Waals surface area (Å²) in [5.41, 5.74) is 0. The fourth-order valence-electron chi connectivity index (χ4n) is 3.01. The molecule has 32 heavy (non-hydrogen) atoms. The lowest BCUT2D eigenvalue weighted by molar-refractivity contribution is -0.115. The first-order valence-corrected chi connectivity index (χ1v) is 15.6. The van der Waals surface area contributed by atoms with Crippen LogP contribution in [0.4, 0.5) is 0 Å². The highest BCUT2D eigenvalue weighted by Crippen LogP contribution is 2.49. The Morgan fingerprint density at radius 3 is 2.06 bits per heavy atom. The summed E-state index contributed by atoms with van der Waals surface area (Å²) in [5.74, 6) is 0. The zero-order valence-electron chi connectivity index (χ0n) is 22.3. The van der Waals surface area contributed by atoms with Crippen molar-refractivity contribution in [3.63, 3.8) is 0 Å². The molecule has 0 bridgehead atoms. The standard InChI is InChI=1S/C20H40BN2O5PSi.C2H6/c1-14(2)23(15(3)4)29(25-13-12-22-8)27-19-17(24-9)16(18(21)26-19)28-30(10,11)20(5,6)7;1-2/h14-19H,12-13H2,1-7,9-11H3;1-2H3/t16?,17-,18-,19-,29?;/m1./s1. The lowest BCUT2D eigenvalue weighted by Gasteiger charge is -2.40. The second-order valence-electron chi connectivity index (χ2n) is 9.64. The largest absolute Gasteiger partial charge is 0.409 e. The van der Waals surface area contributed by atoms with Gasteiger partial charge in [-0.1, -0.05) is 34.6 Å². The number of methoxy groups -OCH3 is 1. The Bertz CT molecular complexity index is 564. The molecule has 10 heteroatoms. The van der Waals surface area contributed by atoms with Crippen LogP contribution in [0.1, 0.15) is 62.3 Å². The first-order valence-electron chi connectivity index (χ1n) is 11.6. The molecular weight excluding hydrogens is 442 g/mol. The van der Waals surface area contributed by atoms with E-state index < -0.39 is 41.3 Å². The summed E-state index contributed by atoms with van der Waals surface area (Å²) in [5, 5.41) is 0.0333. The molecule has 0 N–H and O–H groups in total. The second-order valence-corrected chi connectivity index (χ2v) is 15.8. The van der Waals surface area contributed by atoms with E-state index in [0.29, 0.717) is 6.61 Å². The fraction of sp³-hybridized carbons (Fsp3) is 0.955. The van der Waals surface area contributed by atoms with Gasteiger partial charge in [0, 0.05) is 25.2 Å². The van der Waals surface area contributed by atoms with Crippen molar-refractivity contribution in [1.82, 2.24) is 4.67 Å². The highest BCUT2D eigenvalue weighted by Gasteiger charge is 2.50.